The molecule has 2 fully saturated rings. The third kappa shape index (κ3) is 4.33. The molecule has 1 saturated heterocycles. The molecule has 1 unspecified atom stereocenters. The van der Waals surface area contributed by atoms with Crippen LogP contribution >= 0.6 is 0 Å². The minimum atomic E-state index is -3.73. The third-order valence-electron chi connectivity index (χ3n) is 6.00. The Kier molecular flexibility index (Phi) is 5.81. The molecule has 2 aliphatic rings. The van der Waals surface area contributed by atoms with Gasteiger partial charge in [0.15, 0.2) is 0 Å². The highest BCUT2D eigenvalue weighted by Gasteiger charge is 2.51. The first-order valence-electron chi connectivity index (χ1n) is 10.3. The van der Waals surface area contributed by atoms with Crippen LogP contribution in [0.4, 0.5) is 0 Å². The first-order chi connectivity index (χ1) is 14.8. The molecular weight excluding hydrogens is 416 g/mol. The average molecular weight is 443 g/mol. The lowest BCUT2D eigenvalue weighted by Crippen LogP contribution is -2.63. The largest absolute Gasteiger partial charge is 0.437 e. The van der Waals surface area contributed by atoms with Gasteiger partial charge in [0.2, 0.25) is 21.8 Å². The molecule has 0 bridgehead atoms. The van der Waals surface area contributed by atoms with Crippen molar-refractivity contribution < 1.29 is 17.9 Å². The van der Waals surface area contributed by atoms with Crippen molar-refractivity contribution in [3.63, 3.8) is 0 Å². The third-order valence-corrected chi connectivity index (χ3v) is 8.00. The zero-order chi connectivity index (χ0) is 22.1. The molecule has 2 heterocycles. The molecule has 1 atom stereocenters. The Labute approximate surface area is 182 Å². The predicted octanol–water partition coefficient (Wildman–Crippen LogP) is 2.96. The number of piperidine rings is 1. The number of carbonyl (C=O) groups is 1. The standard InChI is InChI=1S/C22H26N4O4S/c1-3-20(27)25-17-8-11-26(22(13-17)9-5-10-22)31(28,29)19-7-4-6-18(12-19)30-21-15-23-14-16(2)24-21/h3-4,6-7,12,14-15,17H,1,5,8-11,13H2,2H3,(H,25,27). The number of hydrogen-bond acceptors (Lipinski definition) is 6. The van der Waals surface area contributed by atoms with Crippen LogP contribution in [0.1, 0.15) is 37.8 Å². The predicted molar refractivity (Wildman–Crippen MR) is 115 cm³/mol. The van der Waals surface area contributed by atoms with E-state index in [4.69, 9.17) is 4.74 Å². The van der Waals surface area contributed by atoms with Gasteiger partial charge >= 0.3 is 0 Å². The summed E-state index contributed by atoms with van der Waals surface area (Å²) in [5.41, 5.74) is 0.259. The normalized spacial score (nSPS) is 20.6. The SMILES string of the molecule is C=CC(=O)NC1CCN(S(=O)(=O)c2cccc(Oc3cncc(C)n3)c2)C2(CCC2)C1. The van der Waals surface area contributed by atoms with Gasteiger partial charge in [-0.3, -0.25) is 9.78 Å². The van der Waals surface area contributed by atoms with Crippen LogP contribution in [-0.4, -0.2) is 46.7 Å². The van der Waals surface area contributed by atoms with Gasteiger partial charge in [0, 0.05) is 30.4 Å². The highest BCUT2D eigenvalue weighted by molar-refractivity contribution is 7.89. The molecule has 1 amide bonds. The van der Waals surface area contributed by atoms with Gasteiger partial charge in [-0.25, -0.2) is 13.4 Å². The van der Waals surface area contributed by atoms with E-state index in [-0.39, 0.29) is 16.8 Å². The second-order valence-corrected chi connectivity index (χ2v) is 10.00. The first-order valence-corrected chi connectivity index (χ1v) is 11.8. The minimum absolute atomic E-state index is 0.0492. The number of hydrogen-bond donors (Lipinski definition) is 1. The molecule has 8 nitrogen and oxygen atoms in total. The van der Waals surface area contributed by atoms with Crippen LogP contribution in [0.5, 0.6) is 11.6 Å². The highest BCUT2D eigenvalue weighted by Crippen LogP contribution is 2.47. The summed E-state index contributed by atoms with van der Waals surface area (Å²) in [6.07, 6.45) is 8.09. The Morgan fingerprint density at radius 3 is 2.84 bits per heavy atom. The molecule has 9 heteroatoms. The molecule has 164 valence electrons. The summed E-state index contributed by atoms with van der Waals surface area (Å²) in [5.74, 6) is 0.473. The quantitative estimate of drug-likeness (QED) is 0.690. The van der Waals surface area contributed by atoms with Crippen molar-refractivity contribution in [2.75, 3.05) is 6.54 Å². The van der Waals surface area contributed by atoms with Gasteiger partial charge in [-0.15, -0.1) is 0 Å². The summed E-state index contributed by atoms with van der Waals surface area (Å²) in [6.45, 7) is 5.66. The summed E-state index contributed by atoms with van der Waals surface area (Å²) in [6, 6.07) is 6.42. The van der Waals surface area contributed by atoms with E-state index in [1.54, 1.807) is 35.6 Å². The van der Waals surface area contributed by atoms with Crippen molar-refractivity contribution in [1.82, 2.24) is 19.6 Å². The lowest BCUT2D eigenvalue weighted by Gasteiger charge is -2.54. The van der Waals surface area contributed by atoms with Gasteiger partial charge in [-0.05, 0) is 57.2 Å². The molecule has 4 rings (SSSR count). The fourth-order valence-electron chi connectivity index (χ4n) is 4.41. The Morgan fingerprint density at radius 1 is 1.35 bits per heavy atom. The van der Waals surface area contributed by atoms with Crippen molar-refractivity contribution in [3.8, 4) is 11.6 Å². The topological polar surface area (TPSA) is 101 Å². The van der Waals surface area contributed by atoms with Gasteiger partial charge in [-0.1, -0.05) is 12.6 Å². The zero-order valence-corrected chi connectivity index (χ0v) is 18.3. The summed E-state index contributed by atoms with van der Waals surface area (Å²) in [5, 5.41) is 2.93. The maximum atomic E-state index is 13.6. The monoisotopic (exact) mass is 442 g/mol. The zero-order valence-electron chi connectivity index (χ0n) is 17.5. The molecule has 1 saturated carbocycles. The molecule has 0 radical (unpaired) electrons. The van der Waals surface area contributed by atoms with Gasteiger partial charge in [0.1, 0.15) is 5.75 Å². The molecule has 1 aromatic carbocycles. The Hall–Kier alpha value is -2.78. The molecular formula is C22H26N4O4S. The fraction of sp³-hybridized carbons (Fsp3) is 0.409. The summed E-state index contributed by atoms with van der Waals surface area (Å²) in [7, 11) is -3.73. The van der Waals surface area contributed by atoms with E-state index in [1.807, 2.05) is 0 Å². The fourth-order valence-corrected chi connectivity index (χ4v) is 6.29. The molecule has 1 spiro atoms. The number of nitrogens with zero attached hydrogens (tertiary/aromatic N) is 3. The van der Waals surface area contributed by atoms with Gasteiger partial charge in [0.05, 0.1) is 16.8 Å². The Bertz CT molecular complexity index is 1100. The molecule has 1 aliphatic heterocycles. The van der Waals surface area contributed by atoms with E-state index in [9.17, 15) is 13.2 Å². The lowest BCUT2D eigenvalue weighted by molar-refractivity contribution is -0.117. The van der Waals surface area contributed by atoms with Crippen LogP contribution in [0, 0.1) is 6.92 Å². The van der Waals surface area contributed by atoms with Crippen LogP contribution in [0.25, 0.3) is 0 Å². The number of carbonyl (C=O) groups excluding carboxylic acids is 1. The molecule has 2 aromatic rings. The molecule has 1 aromatic heterocycles. The first kappa shape index (κ1) is 21.5. The maximum Gasteiger partial charge on any atom is 0.243 e. The number of ether oxygens (including phenoxy) is 1. The van der Waals surface area contributed by atoms with Crippen LogP contribution in [0.15, 0.2) is 54.2 Å². The summed E-state index contributed by atoms with van der Waals surface area (Å²) < 4.78 is 34.5. The molecule has 1 N–H and O–H groups in total. The second kappa shape index (κ2) is 8.39. The van der Waals surface area contributed by atoms with Crippen LogP contribution in [0.2, 0.25) is 0 Å². The number of aromatic nitrogens is 2. The summed E-state index contributed by atoms with van der Waals surface area (Å²) in [4.78, 5) is 20.2. The number of aryl methyl sites for hydroxylation is 1. The smallest absolute Gasteiger partial charge is 0.243 e. The second-order valence-electron chi connectivity index (χ2n) is 8.13. The van der Waals surface area contributed by atoms with E-state index in [2.05, 4.69) is 21.9 Å². The van der Waals surface area contributed by atoms with Crippen molar-refractivity contribution in [2.45, 2.75) is 55.5 Å². The molecule has 1 aliphatic carbocycles. The number of rotatable bonds is 6. The number of benzene rings is 1. The van der Waals surface area contributed by atoms with E-state index < -0.39 is 15.6 Å². The van der Waals surface area contributed by atoms with Gasteiger partial charge in [-0.2, -0.15) is 4.31 Å². The number of nitrogens with one attached hydrogen (secondary N) is 1. The van der Waals surface area contributed by atoms with E-state index >= 15 is 0 Å². The van der Waals surface area contributed by atoms with Crippen molar-refractivity contribution >= 4 is 15.9 Å². The maximum absolute atomic E-state index is 13.6. The van der Waals surface area contributed by atoms with Crippen LogP contribution in [0.3, 0.4) is 0 Å². The van der Waals surface area contributed by atoms with Crippen LogP contribution in [-0.2, 0) is 14.8 Å². The van der Waals surface area contributed by atoms with Gasteiger partial charge in [0.25, 0.3) is 0 Å². The highest BCUT2D eigenvalue weighted by atomic mass is 32.2. The van der Waals surface area contributed by atoms with Gasteiger partial charge < -0.3 is 10.1 Å². The Balaban J connectivity index is 1.57. The van der Waals surface area contributed by atoms with E-state index in [0.717, 1.165) is 19.3 Å². The Morgan fingerprint density at radius 2 is 2.16 bits per heavy atom. The number of sulfonamides is 1. The minimum Gasteiger partial charge on any atom is -0.437 e. The van der Waals surface area contributed by atoms with Crippen molar-refractivity contribution in [2.24, 2.45) is 0 Å². The van der Waals surface area contributed by atoms with Crippen molar-refractivity contribution in [1.29, 1.82) is 0 Å². The lowest BCUT2D eigenvalue weighted by atomic mass is 9.70. The van der Waals surface area contributed by atoms with E-state index in [1.165, 1.54) is 18.3 Å². The number of amides is 1. The van der Waals surface area contributed by atoms with Crippen molar-refractivity contribution in [3.05, 3.63) is 55.0 Å². The molecule has 31 heavy (non-hydrogen) atoms. The van der Waals surface area contributed by atoms with E-state index in [0.29, 0.717) is 36.7 Å². The van der Waals surface area contributed by atoms with Crippen LogP contribution < -0.4 is 10.1 Å². The summed E-state index contributed by atoms with van der Waals surface area (Å²) >= 11 is 0. The average Bonchev–Trinajstić information content (AvgIpc) is 2.72.